The van der Waals surface area contributed by atoms with E-state index in [0.717, 1.165) is 5.95 Å². The van der Waals surface area contributed by atoms with E-state index in [2.05, 4.69) is 15.0 Å². The number of hydrogen-bond acceptors (Lipinski definition) is 2. The van der Waals surface area contributed by atoms with E-state index in [0.29, 0.717) is 0 Å². The summed E-state index contributed by atoms with van der Waals surface area (Å²) >= 11 is 0. The van der Waals surface area contributed by atoms with Gasteiger partial charge in [0.2, 0.25) is 5.95 Å². The molecule has 0 fully saturated rings. The molecule has 0 radical (unpaired) electrons. The number of H-pyrrole nitrogens is 1. The molecule has 0 aliphatic carbocycles. The van der Waals surface area contributed by atoms with E-state index in [-0.39, 0.29) is 0 Å². The summed E-state index contributed by atoms with van der Waals surface area (Å²) in [6, 6.07) is 0. The van der Waals surface area contributed by atoms with Crippen molar-refractivity contribution in [1.29, 1.82) is 0 Å². The highest BCUT2D eigenvalue weighted by Crippen LogP contribution is 1.96. The molecule has 0 atom stereocenters. The van der Waals surface area contributed by atoms with Gasteiger partial charge in [-0.15, -0.1) is 0 Å². The maximum Gasteiger partial charge on any atom is 0.212 e. The Morgan fingerprint density at radius 2 is 2.40 bits per heavy atom. The van der Waals surface area contributed by atoms with Crippen LogP contribution in [0.2, 0.25) is 0 Å². The zero-order valence-electron chi connectivity index (χ0n) is 5.23. The lowest BCUT2D eigenvalue weighted by molar-refractivity contribution is 0.960. The molecule has 0 spiro atoms. The maximum absolute atomic E-state index is 4.03. The summed E-state index contributed by atoms with van der Waals surface area (Å²) in [4.78, 5) is 10.9. The van der Waals surface area contributed by atoms with Crippen molar-refractivity contribution in [3.8, 4) is 5.95 Å². The highest BCUT2D eigenvalue weighted by atomic mass is 15.2. The second kappa shape index (κ2) is 1.98. The third-order valence-electron chi connectivity index (χ3n) is 1.23. The van der Waals surface area contributed by atoms with E-state index in [1.54, 1.807) is 29.5 Å². The zero-order valence-corrected chi connectivity index (χ0v) is 5.23. The van der Waals surface area contributed by atoms with Crippen LogP contribution in [0.4, 0.5) is 0 Å². The van der Waals surface area contributed by atoms with E-state index < -0.39 is 0 Å². The monoisotopic (exact) mass is 134 g/mol. The third-order valence-corrected chi connectivity index (χ3v) is 1.23. The van der Waals surface area contributed by atoms with Crippen molar-refractivity contribution < 1.29 is 0 Å². The van der Waals surface area contributed by atoms with Crippen LogP contribution in [0.15, 0.2) is 31.1 Å². The van der Waals surface area contributed by atoms with Gasteiger partial charge < -0.3 is 4.98 Å². The van der Waals surface area contributed by atoms with E-state index in [9.17, 15) is 0 Å². The van der Waals surface area contributed by atoms with E-state index in [4.69, 9.17) is 0 Å². The first-order valence-electron chi connectivity index (χ1n) is 2.94. The minimum Gasteiger partial charge on any atom is -0.330 e. The van der Waals surface area contributed by atoms with Crippen molar-refractivity contribution in [1.82, 2.24) is 19.5 Å². The van der Waals surface area contributed by atoms with Gasteiger partial charge in [0, 0.05) is 24.8 Å². The smallest absolute Gasteiger partial charge is 0.212 e. The quantitative estimate of drug-likeness (QED) is 0.620. The van der Waals surface area contributed by atoms with Gasteiger partial charge in [0.1, 0.15) is 6.33 Å². The molecule has 2 aromatic rings. The average Bonchev–Trinajstić information content (AvgIpc) is 2.59. The molecular formula is C6H6N4. The van der Waals surface area contributed by atoms with Crippen molar-refractivity contribution in [3.63, 3.8) is 0 Å². The van der Waals surface area contributed by atoms with Gasteiger partial charge in [0.25, 0.3) is 0 Å². The van der Waals surface area contributed by atoms with Crippen LogP contribution in [0.3, 0.4) is 0 Å². The Hall–Kier alpha value is -1.58. The number of aromatic nitrogens is 4. The van der Waals surface area contributed by atoms with Crippen LogP contribution in [0.1, 0.15) is 0 Å². The van der Waals surface area contributed by atoms with Gasteiger partial charge in [-0.3, -0.25) is 4.57 Å². The largest absolute Gasteiger partial charge is 0.330 e. The summed E-state index contributed by atoms with van der Waals surface area (Å²) in [7, 11) is 0. The molecule has 2 rings (SSSR count). The Morgan fingerprint density at radius 1 is 1.40 bits per heavy atom. The molecular weight excluding hydrogens is 128 g/mol. The van der Waals surface area contributed by atoms with Crippen LogP contribution in [0, 0.1) is 0 Å². The molecule has 10 heavy (non-hydrogen) atoms. The summed E-state index contributed by atoms with van der Waals surface area (Å²) in [5, 5.41) is 0. The molecule has 0 unspecified atom stereocenters. The molecule has 1 N–H and O–H groups in total. The molecule has 0 aliphatic rings. The van der Waals surface area contributed by atoms with Crippen LogP contribution >= 0.6 is 0 Å². The number of aromatic amines is 1. The third kappa shape index (κ3) is 0.699. The van der Waals surface area contributed by atoms with Crippen molar-refractivity contribution in [2.24, 2.45) is 0 Å². The number of hydrogen-bond donors (Lipinski definition) is 1. The molecule has 0 aliphatic heterocycles. The fraction of sp³-hybridized carbons (Fsp3) is 0. The summed E-state index contributed by atoms with van der Waals surface area (Å²) in [5.41, 5.74) is 0. The van der Waals surface area contributed by atoms with Gasteiger partial charge in [0.15, 0.2) is 0 Å². The second-order valence-electron chi connectivity index (χ2n) is 1.88. The first kappa shape index (κ1) is 5.22. The van der Waals surface area contributed by atoms with Crippen molar-refractivity contribution in [2.45, 2.75) is 0 Å². The predicted molar refractivity (Wildman–Crippen MR) is 35.7 cm³/mol. The summed E-state index contributed by atoms with van der Waals surface area (Å²) in [6.45, 7) is 0. The maximum atomic E-state index is 4.03. The van der Waals surface area contributed by atoms with Crippen molar-refractivity contribution in [2.75, 3.05) is 0 Å². The molecule has 0 saturated heterocycles. The lowest BCUT2D eigenvalue weighted by Gasteiger charge is -1.91. The van der Waals surface area contributed by atoms with Gasteiger partial charge in [-0.1, -0.05) is 0 Å². The normalized spacial score (nSPS) is 10.0. The highest BCUT2D eigenvalue weighted by molar-refractivity contribution is 5.08. The first-order chi connectivity index (χ1) is 4.97. The van der Waals surface area contributed by atoms with Crippen LogP contribution in [-0.4, -0.2) is 19.5 Å². The number of nitrogens with one attached hydrogen (secondary N) is 1. The first-order valence-corrected chi connectivity index (χ1v) is 2.94. The van der Waals surface area contributed by atoms with Crippen LogP contribution in [0.25, 0.3) is 5.95 Å². The minimum absolute atomic E-state index is 0.789. The van der Waals surface area contributed by atoms with E-state index >= 15 is 0 Å². The van der Waals surface area contributed by atoms with Gasteiger partial charge in [0.05, 0.1) is 0 Å². The Bertz CT molecular complexity index is 249. The Morgan fingerprint density at radius 3 is 3.00 bits per heavy atom. The molecule has 2 heterocycles. The van der Waals surface area contributed by atoms with Crippen molar-refractivity contribution >= 4 is 0 Å². The van der Waals surface area contributed by atoms with Gasteiger partial charge >= 0.3 is 0 Å². The fourth-order valence-electron chi connectivity index (χ4n) is 0.783. The summed E-state index contributed by atoms with van der Waals surface area (Å²) in [6.07, 6.45) is 8.71. The SMILES string of the molecule is c1cn(-c2ncc[nH]2)cn1. The summed E-state index contributed by atoms with van der Waals surface area (Å²) in [5.74, 6) is 0.789. The summed E-state index contributed by atoms with van der Waals surface area (Å²) < 4.78 is 1.81. The molecule has 2 aromatic heterocycles. The molecule has 50 valence electrons. The van der Waals surface area contributed by atoms with E-state index in [1.165, 1.54) is 0 Å². The number of rotatable bonds is 1. The highest BCUT2D eigenvalue weighted by Gasteiger charge is 1.92. The lowest BCUT2D eigenvalue weighted by Crippen LogP contribution is -1.90. The molecule has 0 amide bonds. The predicted octanol–water partition coefficient (Wildman–Crippen LogP) is 0.595. The van der Waals surface area contributed by atoms with Crippen LogP contribution in [-0.2, 0) is 0 Å². The average molecular weight is 134 g/mol. The van der Waals surface area contributed by atoms with Crippen LogP contribution in [0.5, 0.6) is 0 Å². The standard InChI is InChI=1S/C6H6N4/c1-2-9-6(8-1)10-4-3-7-5-10/h1-5H,(H,8,9). The molecule has 0 bridgehead atoms. The molecule has 4 heteroatoms. The molecule has 4 nitrogen and oxygen atoms in total. The topological polar surface area (TPSA) is 46.5 Å². The molecule has 0 saturated carbocycles. The second-order valence-corrected chi connectivity index (χ2v) is 1.88. The molecule has 0 aromatic carbocycles. The number of nitrogens with zero attached hydrogens (tertiary/aromatic N) is 3. The Labute approximate surface area is 57.6 Å². The Balaban J connectivity index is 2.48. The number of imidazole rings is 2. The van der Waals surface area contributed by atoms with E-state index in [1.807, 2.05) is 6.20 Å². The minimum atomic E-state index is 0.789. The van der Waals surface area contributed by atoms with Gasteiger partial charge in [-0.25, -0.2) is 9.97 Å². The fourth-order valence-corrected chi connectivity index (χ4v) is 0.783. The lowest BCUT2D eigenvalue weighted by atomic mass is 10.8. The zero-order chi connectivity index (χ0) is 6.81. The Kier molecular flexibility index (Phi) is 1.04. The van der Waals surface area contributed by atoms with Crippen LogP contribution < -0.4 is 0 Å². The van der Waals surface area contributed by atoms with Gasteiger partial charge in [-0.05, 0) is 0 Å². The van der Waals surface area contributed by atoms with Gasteiger partial charge in [-0.2, -0.15) is 0 Å². The van der Waals surface area contributed by atoms with Crippen molar-refractivity contribution in [3.05, 3.63) is 31.1 Å².